The van der Waals surface area contributed by atoms with Gasteiger partial charge in [0.2, 0.25) is 5.95 Å². The van der Waals surface area contributed by atoms with E-state index in [1.54, 1.807) is 29.2 Å². The number of halogens is 1. The number of rotatable bonds is 4. The molecular weight excluding hydrogens is 388 g/mol. The van der Waals surface area contributed by atoms with Crippen molar-refractivity contribution >= 4 is 17.5 Å². The van der Waals surface area contributed by atoms with Crippen LogP contribution in [0.4, 0.5) is 5.95 Å². The van der Waals surface area contributed by atoms with Crippen LogP contribution in [0.3, 0.4) is 0 Å². The van der Waals surface area contributed by atoms with Crippen LogP contribution in [0.5, 0.6) is 0 Å². The summed E-state index contributed by atoms with van der Waals surface area (Å²) in [6.45, 7) is 0.547. The predicted molar refractivity (Wildman–Crippen MR) is 114 cm³/mol. The van der Waals surface area contributed by atoms with Gasteiger partial charge in [-0.3, -0.25) is 4.79 Å². The Morgan fingerprint density at radius 2 is 1.86 bits per heavy atom. The van der Waals surface area contributed by atoms with Crippen molar-refractivity contribution in [1.82, 2.24) is 19.7 Å². The molecule has 0 amide bonds. The Balaban J connectivity index is 1.59. The first-order valence-electron chi connectivity index (χ1n) is 9.65. The standard InChI is InChI=1S/C21H23ClN6O/c22-16-3-1-2-15(10-16)21(13-23)8-6-17(7-9-21)28-19(29)5-4-18(27-28)14-11-25-20(24)26-12-14/h1-5,10-12,17H,6-9,13,23H2,(H2,24,25,26). The van der Waals surface area contributed by atoms with Crippen LogP contribution in [0.1, 0.15) is 37.3 Å². The first kappa shape index (κ1) is 19.5. The molecule has 1 aliphatic rings. The van der Waals surface area contributed by atoms with Crippen molar-refractivity contribution in [2.75, 3.05) is 12.3 Å². The number of nitrogens with two attached hydrogens (primary N) is 2. The van der Waals surface area contributed by atoms with Crippen LogP contribution in [0, 0.1) is 0 Å². The van der Waals surface area contributed by atoms with Gasteiger partial charge in [-0.15, -0.1) is 0 Å². The summed E-state index contributed by atoms with van der Waals surface area (Å²) in [6.07, 6.45) is 6.60. The SMILES string of the molecule is NCC1(c2cccc(Cl)c2)CCC(n2nc(-c3cnc(N)nc3)ccc2=O)CC1. The van der Waals surface area contributed by atoms with Crippen molar-refractivity contribution in [3.63, 3.8) is 0 Å². The van der Waals surface area contributed by atoms with Crippen LogP contribution in [-0.4, -0.2) is 26.3 Å². The molecule has 0 spiro atoms. The van der Waals surface area contributed by atoms with Crippen LogP contribution in [0.25, 0.3) is 11.3 Å². The number of benzene rings is 1. The van der Waals surface area contributed by atoms with Crippen LogP contribution >= 0.6 is 11.6 Å². The fourth-order valence-electron chi connectivity index (χ4n) is 4.14. The van der Waals surface area contributed by atoms with E-state index in [2.05, 4.69) is 21.1 Å². The summed E-state index contributed by atoms with van der Waals surface area (Å²) in [4.78, 5) is 20.5. The molecular formula is C21H23ClN6O. The maximum Gasteiger partial charge on any atom is 0.267 e. The largest absolute Gasteiger partial charge is 0.368 e. The molecule has 150 valence electrons. The molecule has 0 bridgehead atoms. The molecule has 0 radical (unpaired) electrons. The van der Waals surface area contributed by atoms with Crippen molar-refractivity contribution in [3.05, 3.63) is 69.7 Å². The molecule has 7 nitrogen and oxygen atoms in total. The Labute approximate surface area is 173 Å². The quantitative estimate of drug-likeness (QED) is 0.683. The lowest BCUT2D eigenvalue weighted by atomic mass is 9.68. The molecule has 29 heavy (non-hydrogen) atoms. The maximum atomic E-state index is 12.5. The number of hydrogen-bond donors (Lipinski definition) is 2. The van der Waals surface area contributed by atoms with Gasteiger partial charge in [-0.05, 0) is 49.4 Å². The highest BCUT2D eigenvalue weighted by Gasteiger charge is 2.37. The second-order valence-electron chi connectivity index (χ2n) is 7.56. The van der Waals surface area contributed by atoms with Crippen molar-refractivity contribution in [1.29, 1.82) is 0 Å². The Morgan fingerprint density at radius 1 is 1.14 bits per heavy atom. The second kappa shape index (κ2) is 7.93. The highest BCUT2D eigenvalue weighted by atomic mass is 35.5. The van der Waals surface area contributed by atoms with Gasteiger partial charge in [0.05, 0.1) is 11.7 Å². The molecule has 3 aromatic rings. The van der Waals surface area contributed by atoms with E-state index in [0.717, 1.165) is 31.2 Å². The van der Waals surface area contributed by atoms with Crippen LogP contribution in [-0.2, 0) is 5.41 Å². The molecule has 8 heteroatoms. The molecule has 0 saturated heterocycles. The summed E-state index contributed by atoms with van der Waals surface area (Å²) < 4.78 is 1.59. The van der Waals surface area contributed by atoms with Gasteiger partial charge in [0.1, 0.15) is 0 Å². The van der Waals surface area contributed by atoms with E-state index in [1.807, 2.05) is 18.2 Å². The lowest BCUT2D eigenvalue weighted by molar-refractivity contribution is 0.222. The highest BCUT2D eigenvalue weighted by Crippen LogP contribution is 2.42. The van der Waals surface area contributed by atoms with Gasteiger partial charge in [0.15, 0.2) is 0 Å². The van der Waals surface area contributed by atoms with E-state index in [-0.39, 0.29) is 23.0 Å². The van der Waals surface area contributed by atoms with Crippen LogP contribution in [0.15, 0.2) is 53.6 Å². The molecule has 2 heterocycles. The first-order valence-corrected chi connectivity index (χ1v) is 10.0. The summed E-state index contributed by atoms with van der Waals surface area (Å²) in [7, 11) is 0. The van der Waals surface area contributed by atoms with Gasteiger partial charge in [-0.2, -0.15) is 5.10 Å². The van der Waals surface area contributed by atoms with E-state index in [9.17, 15) is 4.79 Å². The average Bonchev–Trinajstić information content (AvgIpc) is 2.75. The number of hydrogen-bond acceptors (Lipinski definition) is 6. The fourth-order valence-corrected chi connectivity index (χ4v) is 4.33. The van der Waals surface area contributed by atoms with Crippen molar-refractivity contribution in [3.8, 4) is 11.3 Å². The average molecular weight is 411 g/mol. The van der Waals surface area contributed by atoms with Crippen molar-refractivity contribution < 1.29 is 0 Å². The van der Waals surface area contributed by atoms with E-state index in [4.69, 9.17) is 23.1 Å². The van der Waals surface area contributed by atoms with Crippen molar-refractivity contribution in [2.45, 2.75) is 37.1 Å². The second-order valence-corrected chi connectivity index (χ2v) is 7.99. The third-order valence-corrected chi connectivity index (χ3v) is 6.11. The van der Waals surface area contributed by atoms with Crippen LogP contribution in [0.2, 0.25) is 5.02 Å². The Morgan fingerprint density at radius 3 is 2.52 bits per heavy atom. The molecule has 0 aliphatic heterocycles. The number of anilines is 1. The molecule has 1 aliphatic carbocycles. The first-order chi connectivity index (χ1) is 14.0. The Hall–Kier alpha value is -2.77. The summed E-state index contributed by atoms with van der Waals surface area (Å²) in [5.74, 6) is 0.202. The van der Waals surface area contributed by atoms with E-state index in [0.29, 0.717) is 17.3 Å². The lowest BCUT2D eigenvalue weighted by Gasteiger charge is -2.40. The Bertz CT molecular complexity index is 1060. The monoisotopic (exact) mass is 410 g/mol. The summed E-state index contributed by atoms with van der Waals surface area (Å²) in [6, 6.07) is 11.2. The molecule has 1 aromatic carbocycles. The number of aromatic nitrogens is 4. The maximum absolute atomic E-state index is 12.5. The minimum absolute atomic E-state index is 0.0241. The summed E-state index contributed by atoms with van der Waals surface area (Å²) in [5.41, 5.74) is 14.1. The summed E-state index contributed by atoms with van der Waals surface area (Å²) >= 11 is 6.20. The number of nitrogen functional groups attached to an aromatic ring is 1. The highest BCUT2D eigenvalue weighted by molar-refractivity contribution is 6.30. The van der Waals surface area contributed by atoms with Crippen molar-refractivity contribution in [2.24, 2.45) is 5.73 Å². The lowest BCUT2D eigenvalue weighted by Crippen LogP contribution is -2.41. The van der Waals surface area contributed by atoms with Gasteiger partial charge < -0.3 is 11.5 Å². The summed E-state index contributed by atoms with van der Waals surface area (Å²) in [5, 5.41) is 5.30. The minimum Gasteiger partial charge on any atom is -0.368 e. The smallest absolute Gasteiger partial charge is 0.267 e. The molecule has 0 atom stereocenters. The minimum atomic E-state index is -0.118. The van der Waals surface area contributed by atoms with Gasteiger partial charge in [-0.1, -0.05) is 23.7 Å². The zero-order valence-electron chi connectivity index (χ0n) is 16.0. The van der Waals surface area contributed by atoms with Gasteiger partial charge in [-0.25, -0.2) is 14.6 Å². The van der Waals surface area contributed by atoms with E-state index >= 15 is 0 Å². The molecule has 1 saturated carbocycles. The number of nitrogens with zero attached hydrogens (tertiary/aromatic N) is 4. The molecule has 4 N–H and O–H groups in total. The van der Waals surface area contributed by atoms with E-state index < -0.39 is 0 Å². The topological polar surface area (TPSA) is 113 Å². The predicted octanol–water partition coefficient (Wildman–Crippen LogP) is 2.95. The van der Waals surface area contributed by atoms with Gasteiger partial charge >= 0.3 is 0 Å². The molecule has 1 fully saturated rings. The molecule has 4 rings (SSSR count). The zero-order chi connectivity index (χ0) is 20.4. The van der Waals surface area contributed by atoms with Gasteiger partial charge in [0, 0.05) is 41.0 Å². The normalized spacial score (nSPS) is 21.8. The van der Waals surface area contributed by atoms with Crippen LogP contribution < -0.4 is 17.0 Å². The molecule has 0 unspecified atom stereocenters. The Kier molecular flexibility index (Phi) is 5.34. The van der Waals surface area contributed by atoms with Gasteiger partial charge in [0.25, 0.3) is 5.56 Å². The van der Waals surface area contributed by atoms with E-state index in [1.165, 1.54) is 5.56 Å². The zero-order valence-corrected chi connectivity index (χ0v) is 16.7. The third kappa shape index (κ3) is 3.88. The third-order valence-electron chi connectivity index (χ3n) is 5.88. The fraction of sp³-hybridized carbons (Fsp3) is 0.333. The molecule has 2 aromatic heterocycles.